The molecule has 0 spiro atoms. The lowest BCUT2D eigenvalue weighted by molar-refractivity contribution is 0.727. The molecule has 1 aromatic heterocycles. The molecular formula is C21H27N5. The quantitative estimate of drug-likeness (QED) is 0.347. The Hall–Kier alpha value is -2.82. The Kier molecular flexibility index (Phi) is 6.25. The zero-order valence-corrected chi connectivity index (χ0v) is 15.5. The van der Waals surface area contributed by atoms with E-state index in [0.29, 0.717) is 6.54 Å². The van der Waals surface area contributed by atoms with Crippen LogP contribution in [0.2, 0.25) is 0 Å². The van der Waals surface area contributed by atoms with E-state index in [1.54, 1.807) is 0 Å². The lowest BCUT2D eigenvalue weighted by Crippen LogP contribution is -2.37. The van der Waals surface area contributed by atoms with Gasteiger partial charge in [0.2, 0.25) is 0 Å². The second kappa shape index (κ2) is 9.04. The van der Waals surface area contributed by atoms with E-state index >= 15 is 0 Å². The first kappa shape index (κ1) is 18.0. The molecule has 3 rings (SSSR count). The predicted octanol–water partition coefficient (Wildman–Crippen LogP) is 3.56. The predicted molar refractivity (Wildman–Crippen MR) is 108 cm³/mol. The highest BCUT2D eigenvalue weighted by Crippen LogP contribution is 2.11. The molecule has 0 saturated heterocycles. The van der Waals surface area contributed by atoms with E-state index in [1.165, 1.54) is 11.1 Å². The fourth-order valence-electron chi connectivity index (χ4n) is 2.91. The summed E-state index contributed by atoms with van der Waals surface area (Å²) in [4.78, 5) is 12.7. The zero-order valence-electron chi connectivity index (χ0n) is 15.5. The Bertz CT molecular complexity index is 832. The lowest BCUT2D eigenvalue weighted by atomic mass is 10.1. The van der Waals surface area contributed by atoms with Gasteiger partial charge >= 0.3 is 0 Å². The molecule has 5 heteroatoms. The van der Waals surface area contributed by atoms with E-state index in [1.807, 2.05) is 18.2 Å². The number of nitrogens with zero attached hydrogens (tertiary/aromatic N) is 2. The number of aromatic amines is 1. The molecule has 0 saturated carbocycles. The summed E-state index contributed by atoms with van der Waals surface area (Å²) >= 11 is 0. The number of imidazole rings is 1. The van der Waals surface area contributed by atoms with Crippen LogP contribution in [0.25, 0.3) is 11.0 Å². The number of rotatable bonds is 7. The van der Waals surface area contributed by atoms with Crippen LogP contribution in [-0.2, 0) is 13.0 Å². The Morgan fingerprint density at radius 1 is 1.12 bits per heavy atom. The van der Waals surface area contributed by atoms with E-state index in [9.17, 15) is 0 Å². The Morgan fingerprint density at radius 2 is 2.00 bits per heavy atom. The van der Waals surface area contributed by atoms with E-state index in [4.69, 9.17) is 0 Å². The first-order chi connectivity index (χ1) is 12.7. The Morgan fingerprint density at radius 3 is 2.81 bits per heavy atom. The van der Waals surface area contributed by atoms with Crippen LogP contribution in [0.3, 0.4) is 0 Å². The van der Waals surface area contributed by atoms with Crippen molar-refractivity contribution in [3.63, 3.8) is 0 Å². The monoisotopic (exact) mass is 349 g/mol. The summed E-state index contributed by atoms with van der Waals surface area (Å²) < 4.78 is 0. The fraction of sp³-hybridized carbons (Fsp3) is 0.333. The van der Waals surface area contributed by atoms with E-state index in [-0.39, 0.29) is 0 Å². The van der Waals surface area contributed by atoms with Crippen LogP contribution in [-0.4, -0.2) is 29.0 Å². The van der Waals surface area contributed by atoms with Gasteiger partial charge in [-0.25, -0.2) is 9.98 Å². The number of fused-ring (bicyclic) bond motifs is 1. The number of H-pyrrole nitrogens is 1. The summed E-state index contributed by atoms with van der Waals surface area (Å²) in [5.41, 5.74) is 4.62. The molecule has 0 aliphatic carbocycles. The van der Waals surface area contributed by atoms with Gasteiger partial charge in [-0.3, -0.25) is 0 Å². The van der Waals surface area contributed by atoms with Crippen molar-refractivity contribution in [3.8, 4) is 0 Å². The lowest BCUT2D eigenvalue weighted by Gasteiger charge is -2.11. The first-order valence-corrected chi connectivity index (χ1v) is 9.26. The maximum atomic E-state index is 4.68. The number of para-hydroxylation sites is 2. The number of hydrogen-bond donors (Lipinski definition) is 3. The maximum Gasteiger partial charge on any atom is 0.191 e. The summed E-state index contributed by atoms with van der Waals surface area (Å²) in [5, 5.41) is 6.71. The van der Waals surface area contributed by atoms with E-state index in [0.717, 1.165) is 48.7 Å². The minimum atomic E-state index is 0.681. The molecule has 0 aliphatic heterocycles. The molecule has 0 aliphatic rings. The van der Waals surface area contributed by atoms with Crippen LogP contribution >= 0.6 is 0 Å². The molecule has 2 aromatic carbocycles. The summed E-state index contributed by atoms with van der Waals surface area (Å²) in [6, 6.07) is 16.6. The third-order valence-electron chi connectivity index (χ3n) is 4.17. The number of guanidine groups is 1. The van der Waals surface area contributed by atoms with Gasteiger partial charge in [0, 0.05) is 19.5 Å². The van der Waals surface area contributed by atoms with Gasteiger partial charge in [0.25, 0.3) is 0 Å². The zero-order chi connectivity index (χ0) is 18.2. The van der Waals surface area contributed by atoms with Gasteiger partial charge in [0.1, 0.15) is 5.82 Å². The van der Waals surface area contributed by atoms with Gasteiger partial charge < -0.3 is 15.6 Å². The Labute approximate surface area is 155 Å². The molecule has 3 N–H and O–H groups in total. The number of aliphatic imine (C=N–C) groups is 1. The number of nitrogens with one attached hydrogen (secondary N) is 3. The molecule has 26 heavy (non-hydrogen) atoms. The smallest absolute Gasteiger partial charge is 0.191 e. The van der Waals surface area contributed by atoms with Crippen molar-refractivity contribution in [1.29, 1.82) is 0 Å². The van der Waals surface area contributed by atoms with Crippen molar-refractivity contribution in [2.24, 2.45) is 4.99 Å². The van der Waals surface area contributed by atoms with Gasteiger partial charge in [-0.1, -0.05) is 42.0 Å². The van der Waals surface area contributed by atoms with Gasteiger partial charge in [-0.05, 0) is 38.0 Å². The average Bonchev–Trinajstić information content (AvgIpc) is 3.06. The average molecular weight is 349 g/mol. The molecule has 136 valence electrons. The summed E-state index contributed by atoms with van der Waals surface area (Å²) in [6.45, 7) is 6.58. The molecular weight excluding hydrogens is 322 g/mol. The van der Waals surface area contributed by atoms with Gasteiger partial charge in [-0.15, -0.1) is 0 Å². The van der Waals surface area contributed by atoms with Crippen molar-refractivity contribution in [2.45, 2.75) is 33.2 Å². The van der Waals surface area contributed by atoms with Crippen LogP contribution in [0.4, 0.5) is 0 Å². The summed E-state index contributed by atoms with van der Waals surface area (Å²) in [6.07, 6.45) is 1.91. The van der Waals surface area contributed by atoms with Crippen molar-refractivity contribution in [2.75, 3.05) is 13.1 Å². The van der Waals surface area contributed by atoms with Crippen LogP contribution in [0.15, 0.2) is 53.5 Å². The summed E-state index contributed by atoms with van der Waals surface area (Å²) in [5.74, 6) is 1.90. The molecule has 0 unspecified atom stereocenters. The van der Waals surface area contributed by atoms with Gasteiger partial charge in [-0.2, -0.15) is 0 Å². The molecule has 3 aromatic rings. The van der Waals surface area contributed by atoms with Crippen LogP contribution in [0, 0.1) is 6.92 Å². The molecule has 0 fully saturated rings. The van der Waals surface area contributed by atoms with Crippen molar-refractivity contribution in [3.05, 3.63) is 65.5 Å². The number of hydrogen-bond acceptors (Lipinski definition) is 2. The fourth-order valence-corrected chi connectivity index (χ4v) is 2.91. The second-order valence-electron chi connectivity index (χ2n) is 6.42. The van der Waals surface area contributed by atoms with Crippen LogP contribution in [0.1, 0.15) is 30.3 Å². The minimum Gasteiger partial charge on any atom is -0.357 e. The highest BCUT2D eigenvalue weighted by molar-refractivity contribution is 5.79. The number of aryl methyl sites for hydroxylation is 2. The normalized spacial score (nSPS) is 11.7. The SMILES string of the molecule is CCNC(=NCc1cccc(C)c1)NCCCc1nc2ccccc2[nH]1. The minimum absolute atomic E-state index is 0.681. The maximum absolute atomic E-state index is 4.68. The van der Waals surface area contributed by atoms with Gasteiger partial charge in [0.05, 0.1) is 17.6 Å². The van der Waals surface area contributed by atoms with Crippen LogP contribution < -0.4 is 10.6 Å². The first-order valence-electron chi connectivity index (χ1n) is 9.26. The van der Waals surface area contributed by atoms with Gasteiger partial charge in [0.15, 0.2) is 5.96 Å². The second-order valence-corrected chi connectivity index (χ2v) is 6.42. The third-order valence-corrected chi connectivity index (χ3v) is 4.17. The molecule has 0 radical (unpaired) electrons. The molecule has 0 amide bonds. The van der Waals surface area contributed by atoms with E-state index in [2.05, 4.69) is 69.8 Å². The van der Waals surface area contributed by atoms with Crippen molar-refractivity contribution < 1.29 is 0 Å². The van der Waals surface area contributed by atoms with Crippen molar-refractivity contribution >= 4 is 17.0 Å². The highest BCUT2D eigenvalue weighted by Gasteiger charge is 2.02. The largest absolute Gasteiger partial charge is 0.357 e. The van der Waals surface area contributed by atoms with E-state index < -0.39 is 0 Å². The number of benzene rings is 2. The molecule has 0 bridgehead atoms. The highest BCUT2D eigenvalue weighted by atomic mass is 15.2. The summed E-state index contributed by atoms with van der Waals surface area (Å²) in [7, 11) is 0. The molecule has 0 atom stereocenters. The molecule has 5 nitrogen and oxygen atoms in total. The van der Waals surface area contributed by atoms with Crippen molar-refractivity contribution in [1.82, 2.24) is 20.6 Å². The Balaban J connectivity index is 1.49. The molecule has 1 heterocycles. The van der Waals surface area contributed by atoms with Crippen LogP contribution in [0.5, 0.6) is 0 Å². The number of aromatic nitrogens is 2. The standard InChI is InChI=1S/C21H27N5/c1-3-22-21(24-15-17-9-6-8-16(2)14-17)23-13-7-12-20-25-18-10-4-5-11-19(18)26-20/h4-6,8-11,14H,3,7,12-13,15H2,1-2H3,(H,25,26)(H2,22,23,24). The topological polar surface area (TPSA) is 65.1 Å². The third kappa shape index (κ3) is 5.09.